The SMILES string of the molecule is Cc1cc(C2Nc3cc(CNC(C(=O)O)[C@@H](C)O)ccc3N2CC2COC2)c[nH]c1=O. The fourth-order valence-electron chi connectivity index (χ4n) is 4.03. The fraction of sp³-hybridized carbons (Fsp3) is 0.455. The van der Waals surface area contributed by atoms with Crippen molar-refractivity contribution in [2.75, 3.05) is 30.0 Å². The van der Waals surface area contributed by atoms with Crippen molar-refractivity contribution in [1.29, 1.82) is 0 Å². The molecule has 2 aliphatic rings. The van der Waals surface area contributed by atoms with Crippen molar-refractivity contribution in [1.82, 2.24) is 10.3 Å². The van der Waals surface area contributed by atoms with Crippen LogP contribution in [0.25, 0.3) is 0 Å². The van der Waals surface area contributed by atoms with E-state index in [0.29, 0.717) is 18.0 Å². The van der Waals surface area contributed by atoms with Gasteiger partial charge in [-0.2, -0.15) is 0 Å². The van der Waals surface area contributed by atoms with Gasteiger partial charge in [0.2, 0.25) is 0 Å². The Kier molecular flexibility index (Phi) is 5.99. The minimum absolute atomic E-state index is 0.0994. The first-order valence-electron chi connectivity index (χ1n) is 10.4. The van der Waals surface area contributed by atoms with Gasteiger partial charge in [-0.3, -0.25) is 14.9 Å². The predicted molar refractivity (Wildman–Crippen MR) is 116 cm³/mol. The molecule has 31 heavy (non-hydrogen) atoms. The fourth-order valence-corrected chi connectivity index (χ4v) is 4.03. The second-order valence-corrected chi connectivity index (χ2v) is 8.34. The van der Waals surface area contributed by atoms with Crippen LogP contribution in [0.5, 0.6) is 0 Å². The Morgan fingerprint density at radius 2 is 2.13 bits per heavy atom. The van der Waals surface area contributed by atoms with E-state index in [-0.39, 0.29) is 11.7 Å². The number of nitrogens with zero attached hydrogens (tertiary/aromatic N) is 1. The number of aryl methyl sites for hydroxylation is 1. The van der Waals surface area contributed by atoms with Crippen LogP contribution in [0.4, 0.5) is 11.4 Å². The summed E-state index contributed by atoms with van der Waals surface area (Å²) in [5.41, 5.74) is 4.42. The van der Waals surface area contributed by atoms with E-state index in [1.54, 1.807) is 13.1 Å². The number of anilines is 2. The van der Waals surface area contributed by atoms with Gasteiger partial charge in [-0.05, 0) is 37.6 Å². The maximum absolute atomic E-state index is 11.8. The lowest BCUT2D eigenvalue weighted by atomic mass is 10.1. The number of carbonyl (C=O) groups is 1. The van der Waals surface area contributed by atoms with E-state index in [9.17, 15) is 19.8 Å². The Hall–Kier alpha value is -2.88. The van der Waals surface area contributed by atoms with Crippen LogP contribution < -0.4 is 21.1 Å². The van der Waals surface area contributed by atoms with Gasteiger partial charge in [0.15, 0.2) is 0 Å². The molecule has 9 heteroatoms. The number of rotatable bonds is 8. The molecule has 3 heterocycles. The van der Waals surface area contributed by atoms with Crippen LogP contribution in [-0.2, 0) is 16.1 Å². The third kappa shape index (κ3) is 4.43. The van der Waals surface area contributed by atoms with Crippen LogP contribution in [0.1, 0.15) is 29.8 Å². The number of hydrogen-bond donors (Lipinski definition) is 5. The Bertz CT molecular complexity index is 1020. The first-order chi connectivity index (χ1) is 14.8. The van der Waals surface area contributed by atoms with Crippen molar-refractivity contribution >= 4 is 17.3 Å². The van der Waals surface area contributed by atoms with Crippen molar-refractivity contribution in [2.45, 2.75) is 38.7 Å². The zero-order chi connectivity index (χ0) is 22.1. The lowest BCUT2D eigenvalue weighted by molar-refractivity contribution is -0.142. The molecule has 0 bridgehead atoms. The summed E-state index contributed by atoms with van der Waals surface area (Å²) in [6.07, 6.45) is 0.614. The largest absolute Gasteiger partial charge is 0.480 e. The number of aliphatic carboxylic acids is 1. The maximum atomic E-state index is 11.8. The number of aliphatic hydroxyl groups excluding tert-OH is 1. The normalized spacial score (nSPS) is 20.0. The smallest absolute Gasteiger partial charge is 0.323 e. The number of aromatic nitrogens is 1. The summed E-state index contributed by atoms with van der Waals surface area (Å²) in [5, 5.41) is 25.4. The van der Waals surface area contributed by atoms with Crippen LogP contribution in [0.15, 0.2) is 35.3 Å². The van der Waals surface area contributed by atoms with Gasteiger partial charge in [-0.15, -0.1) is 0 Å². The van der Waals surface area contributed by atoms with Crippen molar-refractivity contribution in [3.8, 4) is 0 Å². The molecule has 0 aliphatic carbocycles. The number of nitrogens with one attached hydrogen (secondary N) is 3. The standard InChI is InChI=1S/C22H28N4O5/c1-12-5-16(8-24-21(12)28)20-25-17-6-14(7-23-19(13(2)27)22(29)30)3-4-18(17)26(20)9-15-10-31-11-15/h3-6,8,13,15,19-20,23,25,27H,7,9-11H2,1-2H3,(H,24,28)(H,29,30)/t13-,19?,20?/m1/s1. The highest BCUT2D eigenvalue weighted by Crippen LogP contribution is 2.42. The Labute approximate surface area is 180 Å². The monoisotopic (exact) mass is 428 g/mol. The van der Waals surface area contributed by atoms with Gasteiger partial charge in [0.05, 0.1) is 30.7 Å². The molecule has 0 amide bonds. The molecule has 0 spiro atoms. The molecular formula is C22H28N4O5. The summed E-state index contributed by atoms with van der Waals surface area (Å²) >= 11 is 0. The molecule has 2 aromatic rings. The zero-order valence-corrected chi connectivity index (χ0v) is 17.6. The number of aliphatic hydroxyl groups is 1. The van der Waals surface area contributed by atoms with Crippen molar-refractivity contribution in [2.24, 2.45) is 5.92 Å². The summed E-state index contributed by atoms with van der Waals surface area (Å²) < 4.78 is 5.35. The lowest BCUT2D eigenvalue weighted by Crippen LogP contribution is -2.44. The number of H-pyrrole nitrogens is 1. The summed E-state index contributed by atoms with van der Waals surface area (Å²) in [7, 11) is 0. The van der Waals surface area contributed by atoms with Gasteiger partial charge < -0.3 is 30.2 Å². The van der Waals surface area contributed by atoms with Crippen LogP contribution in [-0.4, -0.2) is 53.1 Å². The average Bonchev–Trinajstić information content (AvgIpc) is 3.04. The molecule has 1 fully saturated rings. The highest BCUT2D eigenvalue weighted by molar-refractivity contribution is 5.78. The molecule has 5 N–H and O–H groups in total. The molecule has 166 valence electrons. The quantitative estimate of drug-likeness (QED) is 0.424. The predicted octanol–water partition coefficient (Wildman–Crippen LogP) is 1.18. The van der Waals surface area contributed by atoms with Gasteiger partial charge in [0.25, 0.3) is 5.56 Å². The number of ether oxygens (including phenoxy) is 1. The number of benzene rings is 1. The summed E-state index contributed by atoms with van der Waals surface area (Å²) in [6, 6.07) is 6.84. The zero-order valence-electron chi connectivity index (χ0n) is 17.6. The lowest BCUT2D eigenvalue weighted by Gasteiger charge is -2.34. The number of carboxylic acid groups (broad SMARTS) is 1. The van der Waals surface area contributed by atoms with Crippen LogP contribution in [0.2, 0.25) is 0 Å². The summed E-state index contributed by atoms with van der Waals surface area (Å²) in [4.78, 5) is 28.2. The van der Waals surface area contributed by atoms with E-state index in [4.69, 9.17) is 4.74 Å². The van der Waals surface area contributed by atoms with E-state index in [2.05, 4.69) is 20.5 Å². The highest BCUT2D eigenvalue weighted by Gasteiger charge is 2.34. The van der Waals surface area contributed by atoms with E-state index in [0.717, 1.165) is 42.3 Å². The highest BCUT2D eigenvalue weighted by atomic mass is 16.5. The number of fused-ring (bicyclic) bond motifs is 1. The minimum atomic E-state index is -1.09. The third-order valence-corrected chi connectivity index (χ3v) is 5.84. The van der Waals surface area contributed by atoms with Gasteiger partial charge in [-0.1, -0.05) is 6.07 Å². The molecule has 9 nitrogen and oxygen atoms in total. The molecule has 2 unspecified atom stereocenters. The van der Waals surface area contributed by atoms with Crippen molar-refractivity contribution in [3.63, 3.8) is 0 Å². The van der Waals surface area contributed by atoms with Gasteiger partial charge >= 0.3 is 5.97 Å². The minimum Gasteiger partial charge on any atom is -0.480 e. The maximum Gasteiger partial charge on any atom is 0.323 e. The molecule has 2 aliphatic heterocycles. The van der Waals surface area contributed by atoms with Gasteiger partial charge in [0.1, 0.15) is 12.2 Å². The molecule has 3 atom stereocenters. The molecular weight excluding hydrogens is 400 g/mol. The van der Waals surface area contributed by atoms with Crippen LogP contribution >= 0.6 is 0 Å². The molecule has 0 radical (unpaired) electrons. The molecule has 4 rings (SSSR count). The van der Waals surface area contributed by atoms with E-state index < -0.39 is 18.1 Å². The molecule has 1 saturated heterocycles. The first-order valence-corrected chi connectivity index (χ1v) is 10.4. The Morgan fingerprint density at radius 1 is 1.35 bits per heavy atom. The van der Waals surface area contributed by atoms with Gasteiger partial charge in [-0.25, -0.2) is 0 Å². The third-order valence-electron chi connectivity index (χ3n) is 5.84. The van der Waals surface area contributed by atoms with Gasteiger partial charge in [0, 0.05) is 36.3 Å². The second-order valence-electron chi connectivity index (χ2n) is 8.34. The van der Waals surface area contributed by atoms with E-state index in [1.165, 1.54) is 6.92 Å². The molecule has 0 saturated carbocycles. The Morgan fingerprint density at radius 3 is 2.74 bits per heavy atom. The number of aromatic amines is 1. The Balaban J connectivity index is 1.57. The number of hydrogen-bond acceptors (Lipinski definition) is 7. The van der Waals surface area contributed by atoms with Crippen molar-refractivity contribution in [3.05, 3.63) is 57.5 Å². The topological polar surface area (TPSA) is 127 Å². The molecule has 1 aromatic carbocycles. The molecule has 1 aromatic heterocycles. The van der Waals surface area contributed by atoms with E-state index in [1.807, 2.05) is 24.3 Å². The number of pyridine rings is 1. The number of carboxylic acids is 1. The summed E-state index contributed by atoms with van der Waals surface area (Å²) in [5.74, 6) is -0.639. The second kappa shape index (κ2) is 8.70. The van der Waals surface area contributed by atoms with Crippen LogP contribution in [0, 0.1) is 12.8 Å². The van der Waals surface area contributed by atoms with Crippen molar-refractivity contribution < 1.29 is 19.7 Å². The van der Waals surface area contributed by atoms with Crippen LogP contribution in [0.3, 0.4) is 0 Å². The summed E-state index contributed by atoms with van der Waals surface area (Å²) in [6.45, 7) is 5.86. The first kappa shape index (κ1) is 21.4. The average molecular weight is 428 g/mol. The van der Waals surface area contributed by atoms with E-state index >= 15 is 0 Å².